The van der Waals surface area contributed by atoms with E-state index in [2.05, 4.69) is 41.4 Å². The molecular weight excluding hydrogens is 392 g/mol. The zero-order valence-corrected chi connectivity index (χ0v) is 17.5. The maximum absolute atomic E-state index is 12.8. The number of nitro benzene ring substituents is 1. The topological polar surface area (TPSA) is 78.7 Å². The minimum Gasteiger partial charge on any atom is -0.314 e. The van der Waals surface area contributed by atoms with E-state index in [9.17, 15) is 14.9 Å². The molecule has 1 aliphatic rings. The number of halogens is 1. The van der Waals surface area contributed by atoms with Gasteiger partial charge in [0.05, 0.1) is 11.5 Å². The first-order valence-corrected chi connectivity index (χ1v) is 9.54. The number of aryl methyl sites for hydroxylation is 1. The van der Waals surface area contributed by atoms with Crippen LogP contribution in [0.5, 0.6) is 0 Å². The summed E-state index contributed by atoms with van der Waals surface area (Å²) < 4.78 is 0. The summed E-state index contributed by atoms with van der Waals surface area (Å²) in [5.74, 6) is -0.0362. The number of likely N-dealkylation sites (N-methyl/N-ethyl adjacent to an activating group) is 1. The predicted octanol–water partition coefficient (Wildman–Crippen LogP) is 3.19. The van der Waals surface area contributed by atoms with E-state index < -0.39 is 4.92 Å². The molecule has 1 heterocycles. The van der Waals surface area contributed by atoms with E-state index in [0.29, 0.717) is 12.2 Å². The molecule has 1 N–H and O–H groups in total. The van der Waals surface area contributed by atoms with Crippen LogP contribution < -0.4 is 10.2 Å². The van der Waals surface area contributed by atoms with Crippen molar-refractivity contribution in [2.24, 2.45) is 0 Å². The monoisotopic (exact) mass is 418 g/mol. The summed E-state index contributed by atoms with van der Waals surface area (Å²) in [6.45, 7) is 4.88. The average Bonchev–Trinajstić information content (AvgIpc) is 2.73. The van der Waals surface area contributed by atoms with Crippen LogP contribution in [-0.2, 0) is 11.2 Å². The lowest BCUT2D eigenvalue weighted by Crippen LogP contribution is -2.49. The molecular formula is C21H27ClN4O3. The third-order valence-electron chi connectivity index (χ3n) is 5.29. The first-order chi connectivity index (χ1) is 13.5. The number of anilines is 1. The van der Waals surface area contributed by atoms with Gasteiger partial charge in [-0.05, 0) is 29.7 Å². The first kappa shape index (κ1) is 22.8. The minimum atomic E-state index is -0.444. The number of amides is 1. The molecule has 0 bridgehead atoms. The summed E-state index contributed by atoms with van der Waals surface area (Å²) >= 11 is 0. The van der Waals surface area contributed by atoms with Crippen LogP contribution in [0.15, 0.2) is 48.5 Å². The van der Waals surface area contributed by atoms with Crippen molar-refractivity contribution in [3.8, 4) is 0 Å². The molecule has 0 saturated carbocycles. The van der Waals surface area contributed by atoms with Gasteiger partial charge < -0.3 is 10.2 Å². The van der Waals surface area contributed by atoms with E-state index in [4.69, 9.17) is 0 Å². The lowest BCUT2D eigenvalue weighted by atomic mass is 10.0. The fraction of sp³-hybridized carbons (Fsp3) is 0.381. The highest BCUT2D eigenvalue weighted by Gasteiger charge is 2.27. The number of hydrogen-bond acceptors (Lipinski definition) is 5. The van der Waals surface area contributed by atoms with Crippen molar-refractivity contribution in [3.63, 3.8) is 0 Å². The number of non-ortho nitro benzene ring substituents is 1. The number of carbonyl (C=O) groups is 1. The summed E-state index contributed by atoms with van der Waals surface area (Å²) in [5.41, 5.74) is 3.17. The largest absolute Gasteiger partial charge is 0.314 e. The van der Waals surface area contributed by atoms with Crippen LogP contribution >= 0.6 is 12.4 Å². The Morgan fingerprint density at radius 3 is 2.45 bits per heavy atom. The van der Waals surface area contributed by atoms with E-state index in [-0.39, 0.29) is 30.0 Å². The van der Waals surface area contributed by atoms with Gasteiger partial charge in [0.1, 0.15) is 0 Å². The average molecular weight is 419 g/mol. The Kier molecular flexibility index (Phi) is 8.13. The molecule has 0 aliphatic carbocycles. The molecule has 1 unspecified atom stereocenters. The molecule has 0 spiro atoms. The van der Waals surface area contributed by atoms with Crippen molar-refractivity contribution in [3.05, 3.63) is 69.8 Å². The van der Waals surface area contributed by atoms with E-state index >= 15 is 0 Å². The lowest BCUT2D eigenvalue weighted by Gasteiger charge is -2.37. The molecule has 2 aromatic rings. The van der Waals surface area contributed by atoms with Crippen molar-refractivity contribution in [1.82, 2.24) is 10.2 Å². The fourth-order valence-electron chi connectivity index (χ4n) is 3.46. The van der Waals surface area contributed by atoms with Gasteiger partial charge in [0.25, 0.3) is 5.69 Å². The van der Waals surface area contributed by atoms with E-state index in [0.717, 1.165) is 26.1 Å². The van der Waals surface area contributed by atoms with Crippen LogP contribution in [0.3, 0.4) is 0 Å². The highest BCUT2D eigenvalue weighted by molar-refractivity contribution is 5.94. The molecule has 1 saturated heterocycles. The molecule has 0 aromatic heterocycles. The summed E-state index contributed by atoms with van der Waals surface area (Å²) in [4.78, 5) is 27.0. The number of nitrogens with zero attached hydrogens (tertiary/aromatic N) is 3. The maximum Gasteiger partial charge on any atom is 0.269 e. The third-order valence-corrected chi connectivity index (χ3v) is 5.29. The molecule has 156 valence electrons. The molecule has 1 amide bonds. The van der Waals surface area contributed by atoms with Crippen LogP contribution in [-0.4, -0.2) is 49.0 Å². The molecule has 8 heteroatoms. The van der Waals surface area contributed by atoms with Crippen molar-refractivity contribution >= 4 is 29.7 Å². The number of carbonyl (C=O) groups excluding carboxylic acids is 1. The van der Waals surface area contributed by atoms with Crippen LogP contribution in [0.2, 0.25) is 0 Å². The van der Waals surface area contributed by atoms with Crippen molar-refractivity contribution in [2.45, 2.75) is 19.4 Å². The SMILES string of the molecule is CCc1ccc(C2CNCCN2CC(=O)N(C)c2ccc([N+](=O)[O-])cc2)cc1.Cl. The predicted molar refractivity (Wildman–Crippen MR) is 117 cm³/mol. The molecule has 3 rings (SSSR count). The Morgan fingerprint density at radius 1 is 1.21 bits per heavy atom. The van der Waals surface area contributed by atoms with Gasteiger partial charge in [-0.3, -0.25) is 19.8 Å². The second-order valence-corrected chi connectivity index (χ2v) is 7.01. The number of rotatable bonds is 6. The van der Waals surface area contributed by atoms with Crippen LogP contribution in [0.1, 0.15) is 24.1 Å². The summed E-state index contributed by atoms with van der Waals surface area (Å²) in [5, 5.41) is 14.2. The smallest absolute Gasteiger partial charge is 0.269 e. The van der Waals surface area contributed by atoms with Gasteiger partial charge in [0.2, 0.25) is 5.91 Å². The van der Waals surface area contributed by atoms with E-state index in [1.54, 1.807) is 24.1 Å². The third kappa shape index (κ3) is 5.53. The molecule has 1 fully saturated rings. The molecule has 1 atom stereocenters. The van der Waals surface area contributed by atoms with Gasteiger partial charge in [0.15, 0.2) is 0 Å². The van der Waals surface area contributed by atoms with Gasteiger partial charge in [-0.15, -0.1) is 12.4 Å². The van der Waals surface area contributed by atoms with Crippen molar-refractivity contribution in [2.75, 3.05) is 38.1 Å². The first-order valence-electron chi connectivity index (χ1n) is 9.54. The Balaban J connectivity index is 0.00000300. The second kappa shape index (κ2) is 10.3. The molecule has 1 aliphatic heterocycles. The Morgan fingerprint density at radius 2 is 1.86 bits per heavy atom. The summed E-state index contributed by atoms with van der Waals surface area (Å²) in [7, 11) is 1.71. The van der Waals surface area contributed by atoms with Gasteiger partial charge in [-0.2, -0.15) is 0 Å². The number of benzene rings is 2. The summed E-state index contributed by atoms with van der Waals surface area (Å²) in [6.07, 6.45) is 1.01. The fourth-order valence-corrected chi connectivity index (χ4v) is 3.46. The maximum atomic E-state index is 12.8. The van der Waals surface area contributed by atoms with Gasteiger partial charge in [-0.1, -0.05) is 31.2 Å². The number of nitro groups is 1. The minimum absolute atomic E-state index is 0. The lowest BCUT2D eigenvalue weighted by molar-refractivity contribution is -0.384. The van der Waals surface area contributed by atoms with Crippen LogP contribution in [0, 0.1) is 10.1 Å². The molecule has 7 nitrogen and oxygen atoms in total. The van der Waals surface area contributed by atoms with E-state index in [1.165, 1.54) is 23.3 Å². The number of hydrogen-bond donors (Lipinski definition) is 1. The Hall–Kier alpha value is -2.48. The number of nitrogens with one attached hydrogen (secondary N) is 1. The van der Waals surface area contributed by atoms with Crippen molar-refractivity contribution in [1.29, 1.82) is 0 Å². The molecule has 0 radical (unpaired) electrons. The van der Waals surface area contributed by atoms with Gasteiger partial charge in [-0.25, -0.2) is 0 Å². The zero-order valence-electron chi connectivity index (χ0n) is 16.7. The molecule has 29 heavy (non-hydrogen) atoms. The summed E-state index contributed by atoms with van der Waals surface area (Å²) in [6, 6.07) is 14.8. The van der Waals surface area contributed by atoms with Crippen LogP contribution in [0.4, 0.5) is 11.4 Å². The highest BCUT2D eigenvalue weighted by atomic mass is 35.5. The van der Waals surface area contributed by atoms with Crippen molar-refractivity contribution < 1.29 is 9.72 Å². The van der Waals surface area contributed by atoms with Gasteiger partial charge >= 0.3 is 0 Å². The van der Waals surface area contributed by atoms with Gasteiger partial charge in [0, 0.05) is 50.5 Å². The quantitative estimate of drug-likeness (QED) is 0.575. The molecule has 2 aromatic carbocycles. The highest BCUT2D eigenvalue weighted by Crippen LogP contribution is 2.24. The van der Waals surface area contributed by atoms with E-state index in [1.807, 2.05) is 0 Å². The zero-order chi connectivity index (χ0) is 20.1. The van der Waals surface area contributed by atoms with Crippen LogP contribution in [0.25, 0.3) is 0 Å². The Bertz CT molecular complexity index is 827. The number of piperazine rings is 1. The normalized spacial score (nSPS) is 16.7. The standard InChI is InChI=1S/C21H26N4O3.ClH/c1-3-16-4-6-17(7-5-16)20-14-22-12-13-24(20)15-21(26)23(2)18-8-10-19(11-9-18)25(27)28;/h4-11,20,22H,3,12-15H2,1-2H3;1H. The Labute approximate surface area is 177 Å². The second-order valence-electron chi connectivity index (χ2n) is 7.01.